The number of phosphoric acid groups is 2. The SMILES string of the molecule is CCCCCCCCCCCCCCCCCCCC(=O)OC[C@H](COP(=O)(O)OC[C@@H](O)COP(=O)(O)OC[C@@H](COC(=O)CCCCCCCCCCC)OC(=O)CCCCCCCCCCCCCCCC)OC(=O)CCCCCCCCCCCCCCCCCCCCC(C)CC. The lowest BCUT2D eigenvalue weighted by molar-refractivity contribution is -0.161. The fourth-order valence-electron chi connectivity index (χ4n) is 12.9. The summed E-state index contributed by atoms with van der Waals surface area (Å²) >= 11 is 0. The Morgan fingerprint density at radius 2 is 0.471 bits per heavy atom. The number of unbranched alkanes of at least 4 members (excludes halogenated alkanes) is 54. The summed E-state index contributed by atoms with van der Waals surface area (Å²) in [5.74, 6) is -1.23. The van der Waals surface area contributed by atoms with Crippen LogP contribution in [-0.4, -0.2) is 96.7 Å². The van der Waals surface area contributed by atoms with Gasteiger partial charge in [-0.2, -0.15) is 0 Å². The fraction of sp³-hybridized carbons (Fsp3) is 0.952. The molecule has 0 heterocycles. The normalized spacial score (nSPS) is 14.1. The molecule has 102 heavy (non-hydrogen) atoms. The molecule has 0 aromatic carbocycles. The van der Waals surface area contributed by atoms with E-state index in [9.17, 15) is 43.2 Å². The minimum absolute atomic E-state index is 0.108. The molecular formula is C83H162O17P2. The summed E-state index contributed by atoms with van der Waals surface area (Å²) in [6.45, 7) is 7.40. The molecule has 0 amide bonds. The second kappa shape index (κ2) is 75.9. The molecule has 6 atom stereocenters. The van der Waals surface area contributed by atoms with E-state index in [2.05, 4.69) is 34.6 Å². The van der Waals surface area contributed by atoms with Gasteiger partial charge in [0.25, 0.3) is 0 Å². The lowest BCUT2D eigenvalue weighted by Crippen LogP contribution is -2.30. The van der Waals surface area contributed by atoms with Crippen LogP contribution in [0.2, 0.25) is 0 Å². The number of hydrogen-bond acceptors (Lipinski definition) is 15. The molecule has 19 heteroatoms. The Bertz CT molecular complexity index is 1950. The zero-order chi connectivity index (χ0) is 74.8. The summed E-state index contributed by atoms with van der Waals surface area (Å²) in [5, 5.41) is 10.6. The molecular weight excluding hydrogens is 1330 g/mol. The van der Waals surface area contributed by atoms with E-state index in [0.29, 0.717) is 25.7 Å². The van der Waals surface area contributed by atoms with Crippen molar-refractivity contribution >= 4 is 39.5 Å². The highest BCUT2D eigenvalue weighted by molar-refractivity contribution is 7.47. The third kappa shape index (κ3) is 74.9. The van der Waals surface area contributed by atoms with Crippen molar-refractivity contribution in [1.29, 1.82) is 0 Å². The van der Waals surface area contributed by atoms with Crippen molar-refractivity contribution < 1.29 is 80.2 Å². The van der Waals surface area contributed by atoms with E-state index in [-0.39, 0.29) is 25.7 Å². The van der Waals surface area contributed by atoms with Crippen molar-refractivity contribution in [3.63, 3.8) is 0 Å². The Hall–Kier alpha value is -1.94. The second-order valence-corrected chi connectivity index (χ2v) is 33.0. The first-order valence-electron chi connectivity index (χ1n) is 43.2. The standard InChI is InChI=1S/C83H162O17P2/c1-6-10-13-16-19-22-24-26-28-31-35-39-42-47-52-57-62-67-81(86)94-73-79(100-83(88)69-64-59-54-49-44-40-36-33-30-29-32-34-37-41-46-50-55-60-65-76(5)9-4)75-98-102(91,92)96-71-77(84)70-95-101(89,90)97-74-78(72-93-80(85)66-61-56-51-45-21-18-15-12-8-3)99-82(87)68-63-58-53-48-43-38-27-25-23-20-17-14-11-7-2/h76-79,84H,6-75H2,1-5H3,(H,89,90)(H,91,92)/t76?,77-,78+,79+/m0/s1. The van der Waals surface area contributed by atoms with E-state index in [1.807, 2.05) is 0 Å². The minimum Gasteiger partial charge on any atom is -0.462 e. The topological polar surface area (TPSA) is 237 Å². The number of aliphatic hydroxyl groups excluding tert-OH is 1. The van der Waals surface area contributed by atoms with Gasteiger partial charge in [0.1, 0.15) is 19.3 Å². The van der Waals surface area contributed by atoms with Crippen molar-refractivity contribution in [2.75, 3.05) is 39.6 Å². The first-order chi connectivity index (χ1) is 49.6. The maximum atomic E-state index is 13.1. The summed E-state index contributed by atoms with van der Waals surface area (Å²) in [5.41, 5.74) is 0. The molecule has 0 aliphatic heterocycles. The molecule has 0 radical (unpaired) electrons. The summed E-state index contributed by atoms with van der Waals surface area (Å²) in [4.78, 5) is 73.0. The van der Waals surface area contributed by atoms with Gasteiger partial charge in [-0.25, -0.2) is 9.13 Å². The number of phosphoric ester groups is 2. The quantitative estimate of drug-likeness (QED) is 0.0222. The van der Waals surface area contributed by atoms with Crippen LogP contribution >= 0.6 is 15.6 Å². The third-order valence-corrected chi connectivity index (χ3v) is 21.8. The van der Waals surface area contributed by atoms with Crippen LogP contribution in [0.1, 0.15) is 446 Å². The molecule has 3 unspecified atom stereocenters. The van der Waals surface area contributed by atoms with Crippen LogP contribution in [-0.2, 0) is 65.4 Å². The van der Waals surface area contributed by atoms with Gasteiger partial charge in [0, 0.05) is 25.7 Å². The van der Waals surface area contributed by atoms with Crippen molar-refractivity contribution in [3.05, 3.63) is 0 Å². The molecule has 0 bridgehead atoms. The number of ether oxygens (including phenoxy) is 4. The molecule has 17 nitrogen and oxygen atoms in total. The minimum atomic E-state index is -4.96. The van der Waals surface area contributed by atoms with E-state index in [0.717, 1.165) is 95.8 Å². The number of esters is 4. The first kappa shape index (κ1) is 100. The first-order valence-corrected chi connectivity index (χ1v) is 46.2. The molecule has 0 aromatic rings. The zero-order valence-corrected chi connectivity index (χ0v) is 68.5. The third-order valence-electron chi connectivity index (χ3n) is 19.9. The molecule has 0 aliphatic rings. The average molecular weight is 1490 g/mol. The number of hydrogen-bond donors (Lipinski definition) is 3. The van der Waals surface area contributed by atoms with Gasteiger partial charge in [0.05, 0.1) is 26.4 Å². The molecule has 606 valence electrons. The molecule has 0 spiro atoms. The maximum Gasteiger partial charge on any atom is 0.472 e. The highest BCUT2D eigenvalue weighted by atomic mass is 31.2. The summed E-state index contributed by atoms with van der Waals surface area (Å²) in [7, 11) is -9.92. The van der Waals surface area contributed by atoms with E-state index >= 15 is 0 Å². The van der Waals surface area contributed by atoms with Crippen molar-refractivity contribution in [3.8, 4) is 0 Å². The zero-order valence-electron chi connectivity index (χ0n) is 66.8. The van der Waals surface area contributed by atoms with Gasteiger partial charge in [-0.3, -0.25) is 37.3 Å². The monoisotopic (exact) mass is 1490 g/mol. The van der Waals surface area contributed by atoms with Crippen molar-refractivity contribution in [2.24, 2.45) is 5.92 Å². The Morgan fingerprint density at radius 1 is 0.275 bits per heavy atom. The van der Waals surface area contributed by atoms with Gasteiger partial charge in [-0.15, -0.1) is 0 Å². The molecule has 3 N–H and O–H groups in total. The Morgan fingerprint density at radius 3 is 0.696 bits per heavy atom. The molecule has 0 aromatic heterocycles. The molecule has 0 saturated carbocycles. The molecule has 0 fully saturated rings. The van der Waals surface area contributed by atoms with Crippen LogP contribution in [0, 0.1) is 5.92 Å². The summed E-state index contributed by atoms with van der Waals surface area (Å²) < 4.78 is 68.7. The highest BCUT2D eigenvalue weighted by Gasteiger charge is 2.30. The van der Waals surface area contributed by atoms with Gasteiger partial charge in [-0.05, 0) is 31.6 Å². The Kier molecular flexibility index (Phi) is 74.4. The van der Waals surface area contributed by atoms with Crippen LogP contribution in [0.3, 0.4) is 0 Å². The Balaban J connectivity index is 5.20. The summed E-state index contributed by atoms with van der Waals surface area (Å²) in [6, 6.07) is 0. The number of aliphatic hydroxyl groups is 1. The van der Waals surface area contributed by atoms with E-state index < -0.39 is 97.5 Å². The average Bonchev–Trinajstić information content (AvgIpc) is 0.912. The Labute approximate surface area is 626 Å². The number of rotatable bonds is 83. The smallest absolute Gasteiger partial charge is 0.462 e. The highest BCUT2D eigenvalue weighted by Crippen LogP contribution is 2.45. The van der Waals surface area contributed by atoms with Gasteiger partial charge in [0.2, 0.25) is 0 Å². The second-order valence-electron chi connectivity index (χ2n) is 30.1. The maximum absolute atomic E-state index is 13.1. The van der Waals surface area contributed by atoms with Gasteiger partial charge < -0.3 is 33.8 Å². The van der Waals surface area contributed by atoms with Gasteiger partial charge in [0.15, 0.2) is 12.2 Å². The van der Waals surface area contributed by atoms with Crippen LogP contribution in [0.4, 0.5) is 0 Å². The number of carbonyl (C=O) groups excluding carboxylic acids is 4. The summed E-state index contributed by atoms with van der Waals surface area (Å²) in [6.07, 6.45) is 68.0. The predicted molar refractivity (Wildman–Crippen MR) is 418 cm³/mol. The molecule has 0 rings (SSSR count). The molecule has 0 aliphatic carbocycles. The van der Waals surface area contributed by atoms with E-state index in [1.165, 1.54) is 270 Å². The van der Waals surface area contributed by atoms with Crippen molar-refractivity contribution in [2.45, 2.75) is 464 Å². The predicted octanol–water partition coefficient (Wildman–Crippen LogP) is 25.2. The van der Waals surface area contributed by atoms with Crippen LogP contribution in [0.25, 0.3) is 0 Å². The lowest BCUT2D eigenvalue weighted by Gasteiger charge is -2.21. The number of carbonyl (C=O) groups is 4. The van der Waals surface area contributed by atoms with Crippen LogP contribution < -0.4 is 0 Å². The lowest BCUT2D eigenvalue weighted by atomic mass is 9.99. The van der Waals surface area contributed by atoms with E-state index in [4.69, 9.17) is 37.0 Å². The fourth-order valence-corrected chi connectivity index (χ4v) is 14.5. The van der Waals surface area contributed by atoms with Gasteiger partial charge >= 0.3 is 39.5 Å². The van der Waals surface area contributed by atoms with Gasteiger partial charge in [-0.1, -0.05) is 394 Å². The molecule has 0 saturated heterocycles. The van der Waals surface area contributed by atoms with Crippen LogP contribution in [0.5, 0.6) is 0 Å². The van der Waals surface area contributed by atoms with Crippen molar-refractivity contribution in [1.82, 2.24) is 0 Å². The van der Waals surface area contributed by atoms with Crippen LogP contribution in [0.15, 0.2) is 0 Å². The largest absolute Gasteiger partial charge is 0.472 e. The van der Waals surface area contributed by atoms with E-state index in [1.54, 1.807) is 0 Å².